The maximum atomic E-state index is 13.2. The van der Waals surface area contributed by atoms with Gasteiger partial charge in [0.2, 0.25) is 0 Å². The zero-order chi connectivity index (χ0) is 15.0. The van der Waals surface area contributed by atoms with Gasteiger partial charge in [0.15, 0.2) is 0 Å². The molecular formula is C15H19FN2O2. The number of hydrogen-bond donors (Lipinski definition) is 2. The number of carbonyl (C=O) groups excluding carboxylic acids is 1. The van der Waals surface area contributed by atoms with Crippen LogP contribution in [0.15, 0.2) is 18.2 Å². The Bertz CT molecular complexity index is 518. The summed E-state index contributed by atoms with van der Waals surface area (Å²) in [5.41, 5.74) is 5.94. The zero-order valence-corrected chi connectivity index (χ0v) is 11.7. The molecule has 108 valence electrons. The normalized spacial score (nSPS) is 10.1. The molecule has 4 nitrogen and oxygen atoms in total. The van der Waals surface area contributed by atoms with Gasteiger partial charge in [0.25, 0.3) is 5.91 Å². The molecule has 0 aromatic heterocycles. The van der Waals surface area contributed by atoms with Gasteiger partial charge in [-0.15, -0.1) is 0 Å². The molecule has 0 saturated heterocycles. The molecule has 20 heavy (non-hydrogen) atoms. The summed E-state index contributed by atoms with van der Waals surface area (Å²) in [6.45, 7) is 4.80. The Morgan fingerprint density at radius 1 is 1.50 bits per heavy atom. The van der Waals surface area contributed by atoms with Crippen LogP contribution >= 0.6 is 0 Å². The van der Waals surface area contributed by atoms with Crippen LogP contribution in [-0.2, 0) is 4.74 Å². The summed E-state index contributed by atoms with van der Waals surface area (Å²) < 4.78 is 18.5. The summed E-state index contributed by atoms with van der Waals surface area (Å²) in [5, 5.41) is 2.71. The summed E-state index contributed by atoms with van der Waals surface area (Å²) >= 11 is 0. The first-order valence-electron chi connectivity index (χ1n) is 6.43. The maximum Gasteiger partial charge on any atom is 0.252 e. The molecule has 0 aliphatic carbocycles. The van der Waals surface area contributed by atoms with Crippen molar-refractivity contribution in [2.24, 2.45) is 5.73 Å². The predicted molar refractivity (Wildman–Crippen MR) is 75.8 cm³/mol. The van der Waals surface area contributed by atoms with Crippen LogP contribution in [0.5, 0.6) is 0 Å². The second-order valence-electron chi connectivity index (χ2n) is 4.37. The predicted octanol–water partition coefficient (Wildman–Crippen LogP) is 1.29. The number of amides is 1. The van der Waals surface area contributed by atoms with E-state index in [1.165, 1.54) is 18.2 Å². The van der Waals surface area contributed by atoms with Crippen LogP contribution in [0, 0.1) is 17.7 Å². The summed E-state index contributed by atoms with van der Waals surface area (Å²) in [4.78, 5) is 12.0. The molecule has 1 amide bonds. The minimum atomic E-state index is -0.439. The summed E-state index contributed by atoms with van der Waals surface area (Å²) in [6, 6.07) is 3.86. The van der Waals surface area contributed by atoms with E-state index in [1.54, 1.807) is 0 Å². The van der Waals surface area contributed by atoms with Crippen LogP contribution in [-0.4, -0.2) is 31.7 Å². The van der Waals surface area contributed by atoms with Crippen LogP contribution in [0.4, 0.5) is 4.39 Å². The van der Waals surface area contributed by atoms with Gasteiger partial charge in [0.05, 0.1) is 24.8 Å². The quantitative estimate of drug-likeness (QED) is 0.630. The van der Waals surface area contributed by atoms with E-state index in [0.717, 1.165) is 0 Å². The molecule has 0 spiro atoms. The number of benzene rings is 1. The third-order valence-corrected chi connectivity index (χ3v) is 2.39. The van der Waals surface area contributed by atoms with Gasteiger partial charge in [-0.3, -0.25) is 4.79 Å². The van der Waals surface area contributed by atoms with Gasteiger partial charge in [-0.05, 0) is 32.0 Å². The largest absolute Gasteiger partial charge is 0.377 e. The van der Waals surface area contributed by atoms with Crippen LogP contribution in [0.25, 0.3) is 0 Å². The Morgan fingerprint density at radius 2 is 2.25 bits per heavy atom. The standard InChI is InChI=1S/C15H19FN2O2/c1-11(2)20-9-8-18-15(19)14-6-5-13(16)10-12(14)4-3-7-17/h5-6,10-11H,7-9,17H2,1-2H3,(H,18,19). The molecule has 0 unspecified atom stereocenters. The van der Waals surface area contributed by atoms with Gasteiger partial charge in [0.1, 0.15) is 5.82 Å². The number of nitrogens with one attached hydrogen (secondary N) is 1. The molecule has 0 radical (unpaired) electrons. The number of halogens is 1. The van der Waals surface area contributed by atoms with E-state index in [4.69, 9.17) is 10.5 Å². The molecule has 0 aliphatic heterocycles. The Balaban J connectivity index is 2.72. The van der Waals surface area contributed by atoms with Crippen molar-refractivity contribution in [3.8, 4) is 11.8 Å². The minimum absolute atomic E-state index is 0.115. The molecule has 0 heterocycles. The molecule has 5 heteroatoms. The van der Waals surface area contributed by atoms with E-state index >= 15 is 0 Å². The highest BCUT2D eigenvalue weighted by atomic mass is 19.1. The second-order valence-corrected chi connectivity index (χ2v) is 4.37. The maximum absolute atomic E-state index is 13.2. The lowest BCUT2D eigenvalue weighted by molar-refractivity contribution is 0.0746. The van der Waals surface area contributed by atoms with Gasteiger partial charge < -0.3 is 15.8 Å². The van der Waals surface area contributed by atoms with Crippen molar-refractivity contribution in [2.45, 2.75) is 20.0 Å². The van der Waals surface area contributed by atoms with Crippen LogP contribution in [0.3, 0.4) is 0 Å². The summed E-state index contributed by atoms with van der Waals surface area (Å²) in [6.07, 6.45) is 0.115. The fourth-order valence-electron chi connectivity index (χ4n) is 1.52. The van der Waals surface area contributed by atoms with E-state index < -0.39 is 5.82 Å². The second kappa shape index (κ2) is 8.31. The van der Waals surface area contributed by atoms with Crippen molar-refractivity contribution in [3.05, 3.63) is 35.1 Å². The smallest absolute Gasteiger partial charge is 0.252 e. The third kappa shape index (κ3) is 5.39. The molecule has 0 fully saturated rings. The van der Waals surface area contributed by atoms with Crippen LogP contribution < -0.4 is 11.1 Å². The lowest BCUT2D eigenvalue weighted by Crippen LogP contribution is -2.28. The molecule has 1 rings (SSSR count). The highest BCUT2D eigenvalue weighted by molar-refractivity contribution is 5.96. The lowest BCUT2D eigenvalue weighted by atomic mass is 10.1. The van der Waals surface area contributed by atoms with Gasteiger partial charge in [-0.1, -0.05) is 11.8 Å². The van der Waals surface area contributed by atoms with E-state index in [2.05, 4.69) is 17.2 Å². The first-order valence-corrected chi connectivity index (χ1v) is 6.43. The van der Waals surface area contributed by atoms with Gasteiger partial charge >= 0.3 is 0 Å². The minimum Gasteiger partial charge on any atom is -0.377 e. The molecule has 0 saturated carbocycles. The zero-order valence-electron chi connectivity index (χ0n) is 11.7. The average molecular weight is 278 g/mol. The van der Waals surface area contributed by atoms with Gasteiger partial charge in [0, 0.05) is 12.1 Å². The lowest BCUT2D eigenvalue weighted by Gasteiger charge is -2.09. The van der Waals surface area contributed by atoms with Crippen molar-refractivity contribution < 1.29 is 13.9 Å². The number of carbonyl (C=O) groups is 1. The summed E-state index contributed by atoms with van der Waals surface area (Å²) in [7, 11) is 0. The van der Waals surface area contributed by atoms with Crippen molar-refractivity contribution >= 4 is 5.91 Å². The van der Waals surface area contributed by atoms with Gasteiger partial charge in [-0.25, -0.2) is 4.39 Å². The first-order chi connectivity index (χ1) is 9.54. The highest BCUT2D eigenvalue weighted by Gasteiger charge is 2.10. The number of rotatable bonds is 5. The molecule has 0 bridgehead atoms. The molecular weight excluding hydrogens is 259 g/mol. The molecule has 0 atom stereocenters. The highest BCUT2D eigenvalue weighted by Crippen LogP contribution is 2.10. The van der Waals surface area contributed by atoms with Crippen molar-refractivity contribution in [1.82, 2.24) is 5.32 Å². The first kappa shape index (κ1) is 16.2. The Labute approximate surface area is 118 Å². The van der Waals surface area contributed by atoms with Crippen molar-refractivity contribution in [3.63, 3.8) is 0 Å². The van der Waals surface area contributed by atoms with Crippen LogP contribution in [0.1, 0.15) is 29.8 Å². The molecule has 1 aromatic rings. The Morgan fingerprint density at radius 3 is 2.90 bits per heavy atom. The van der Waals surface area contributed by atoms with Crippen molar-refractivity contribution in [1.29, 1.82) is 0 Å². The van der Waals surface area contributed by atoms with E-state index in [9.17, 15) is 9.18 Å². The molecule has 3 N–H and O–H groups in total. The fraction of sp³-hybridized carbons (Fsp3) is 0.400. The molecule has 0 aliphatic rings. The fourth-order valence-corrected chi connectivity index (χ4v) is 1.52. The van der Waals surface area contributed by atoms with E-state index in [1.807, 2.05) is 13.8 Å². The average Bonchev–Trinajstić information content (AvgIpc) is 2.41. The third-order valence-electron chi connectivity index (χ3n) is 2.39. The number of hydrogen-bond acceptors (Lipinski definition) is 3. The topological polar surface area (TPSA) is 64.3 Å². The molecule has 1 aromatic carbocycles. The Kier molecular flexibility index (Phi) is 6.71. The number of nitrogens with two attached hydrogens (primary N) is 1. The monoisotopic (exact) mass is 278 g/mol. The van der Waals surface area contributed by atoms with Crippen LogP contribution in [0.2, 0.25) is 0 Å². The number of ether oxygens (including phenoxy) is 1. The van der Waals surface area contributed by atoms with E-state index in [-0.39, 0.29) is 18.6 Å². The van der Waals surface area contributed by atoms with Gasteiger partial charge in [-0.2, -0.15) is 0 Å². The summed E-state index contributed by atoms with van der Waals surface area (Å²) in [5.74, 6) is 4.57. The van der Waals surface area contributed by atoms with Crippen molar-refractivity contribution in [2.75, 3.05) is 19.7 Å². The SMILES string of the molecule is CC(C)OCCNC(=O)c1ccc(F)cc1C#CCN. The Hall–Kier alpha value is -1.90. The van der Waals surface area contributed by atoms with E-state index in [0.29, 0.717) is 24.3 Å².